The monoisotopic (exact) mass is 209 g/mol. The van der Waals surface area contributed by atoms with E-state index in [4.69, 9.17) is 0 Å². The number of hydrogen-bond acceptors (Lipinski definition) is 2. The highest BCUT2D eigenvalue weighted by Gasteiger charge is 2.28. The predicted molar refractivity (Wildman–Crippen MR) is 58.5 cm³/mol. The molecule has 3 heteroatoms. The van der Waals surface area contributed by atoms with Crippen molar-refractivity contribution >= 4 is 5.69 Å². The highest BCUT2D eigenvalue weighted by atomic mass is 19.1. The van der Waals surface area contributed by atoms with Crippen LogP contribution in [-0.4, -0.2) is 18.2 Å². The predicted octanol–water partition coefficient (Wildman–Crippen LogP) is 2.48. The van der Waals surface area contributed by atoms with Crippen LogP contribution in [0.5, 0.6) is 0 Å². The molecule has 0 radical (unpaired) electrons. The minimum absolute atomic E-state index is 0.293. The van der Waals surface area contributed by atoms with Crippen molar-refractivity contribution in [3.63, 3.8) is 0 Å². The highest BCUT2D eigenvalue weighted by molar-refractivity contribution is 5.55. The minimum atomic E-state index is -0.628. The quantitative estimate of drug-likeness (QED) is 0.826. The number of hydrogen-bond donors (Lipinski definition) is 1. The van der Waals surface area contributed by atoms with Crippen LogP contribution in [0.3, 0.4) is 0 Å². The smallest absolute Gasteiger partial charge is 0.123 e. The van der Waals surface area contributed by atoms with E-state index in [1.54, 1.807) is 13.0 Å². The van der Waals surface area contributed by atoms with Gasteiger partial charge in [-0.1, -0.05) is 0 Å². The fraction of sp³-hybridized carbons (Fsp3) is 0.500. The fourth-order valence-corrected chi connectivity index (χ4v) is 1.84. The van der Waals surface area contributed by atoms with Gasteiger partial charge < -0.3 is 10.0 Å². The van der Waals surface area contributed by atoms with Crippen LogP contribution >= 0.6 is 0 Å². The van der Waals surface area contributed by atoms with Gasteiger partial charge in [0.25, 0.3) is 0 Å². The van der Waals surface area contributed by atoms with E-state index in [-0.39, 0.29) is 5.82 Å². The van der Waals surface area contributed by atoms with Crippen molar-refractivity contribution in [1.82, 2.24) is 0 Å². The van der Waals surface area contributed by atoms with Crippen LogP contribution < -0.4 is 4.90 Å². The van der Waals surface area contributed by atoms with E-state index in [0.717, 1.165) is 5.69 Å². The molecule has 0 saturated heterocycles. The third-order valence-corrected chi connectivity index (χ3v) is 2.91. The Morgan fingerprint density at radius 1 is 1.47 bits per heavy atom. The van der Waals surface area contributed by atoms with Gasteiger partial charge in [0, 0.05) is 24.3 Å². The first kappa shape index (κ1) is 10.4. The van der Waals surface area contributed by atoms with Crippen molar-refractivity contribution in [2.75, 3.05) is 11.9 Å². The summed E-state index contributed by atoms with van der Waals surface area (Å²) in [4.78, 5) is 2.13. The number of anilines is 1. The van der Waals surface area contributed by atoms with Gasteiger partial charge in [-0.15, -0.1) is 0 Å². The lowest BCUT2D eigenvalue weighted by Crippen LogP contribution is -2.21. The summed E-state index contributed by atoms with van der Waals surface area (Å²) in [7, 11) is 2.00. The van der Waals surface area contributed by atoms with Crippen LogP contribution in [0.1, 0.15) is 31.4 Å². The molecule has 0 heterocycles. The van der Waals surface area contributed by atoms with E-state index < -0.39 is 6.10 Å². The van der Waals surface area contributed by atoms with Crippen molar-refractivity contribution in [2.45, 2.75) is 31.9 Å². The van der Waals surface area contributed by atoms with E-state index in [1.165, 1.54) is 25.0 Å². The number of aliphatic hydroxyl groups is 1. The summed E-state index contributed by atoms with van der Waals surface area (Å²) in [6.07, 6.45) is 1.75. The van der Waals surface area contributed by atoms with Crippen molar-refractivity contribution in [3.05, 3.63) is 29.6 Å². The second-order valence-electron chi connectivity index (χ2n) is 4.22. The molecular formula is C12H16FNO. The van der Waals surface area contributed by atoms with E-state index in [1.807, 2.05) is 7.05 Å². The highest BCUT2D eigenvalue weighted by Crippen LogP contribution is 2.34. The zero-order valence-corrected chi connectivity index (χ0v) is 9.07. The first-order chi connectivity index (χ1) is 7.09. The maximum Gasteiger partial charge on any atom is 0.123 e. The molecule has 0 aliphatic heterocycles. The lowest BCUT2D eigenvalue weighted by Gasteiger charge is -2.23. The van der Waals surface area contributed by atoms with Gasteiger partial charge in [-0.3, -0.25) is 0 Å². The lowest BCUT2D eigenvalue weighted by atomic mass is 10.1. The van der Waals surface area contributed by atoms with Crippen LogP contribution in [0.4, 0.5) is 10.1 Å². The van der Waals surface area contributed by atoms with Crippen LogP contribution in [0.15, 0.2) is 18.2 Å². The fourth-order valence-electron chi connectivity index (χ4n) is 1.84. The van der Waals surface area contributed by atoms with Gasteiger partial charge >= 0.3 is 0 Å². The normalized spacial score (nSPS) is 17.6. The summed E-state index contributed by atoms with van der Waals surface area (Å²) in [6.45, 7) is 1.67. The van der Waals surface area contributed by atoms with Crippen molar-refractivity contribution < 1.29 is 9.50 Å². The van der Waals surface area contributed by atoms with Crippen molar-refractivity contribution in [1.29, 1.82) is 0 Å². The second-order valence-corrected chi connectivity index (χ2v) is 4.22. The SMILES string of the molecule is C[C@@H](O)c1cc(F)ccc1N(C)C1CC1. The van der Waals surface area contributed by atoms with Crippen LogP contribution in [0, 0.1) is 5.82 Å². The number of rotatable bonds is 3. The molecule has 1 aliphatic rings. The molecule has 1 atom stereocenters. The average Bonchev–Trinajstić information content (AvgIpc) is 2.99. The van der Waals surface area contributed by atoms with Gasteiger partial charge in [-0.25, -0.2) is 4.39 Å². The Morgan fingerprint density at radius 2 is 2.13 bits per heavy atom. The molecule has 1 fully saturated rings. The Hall–Kier alpha value is -1.09. The summed E-state index contributed by atoms with van der Waals surface area (Å²) in [6, 6.07) is 5.17. The first-order valence-electron chi connectivity index (χ1n) is 5.30. The molecule has 1 N–H and O–H groups in total. The summed E-state index contributed by atoms with van der Waals surface area (Å²) in [5.41, 5.74) is 1.61. The summed E-state index contributed by atoms with van der Waals surface area (Å²) in [5.74, 6) is -0.293. The number of aliphatic hydroxyl groups excluding tert-OH is 1. The summed E-state index contributed by atoms with van der Waals surface area (Å²) in [5, 5.41) is 9.59. The van der Waals surface area contributed by atoms with Crippen LogP contribution in [0.2, 0.25) is 0 Å². The molecule has 0 aromatic heterocycles. The minimum Gasteiger partial charge on any atom is -0.389 e. The third kappa shape index (κ3) is 2.12. The molecule has 1 aliphatic carbocycles. The molecule has 1 aromatic carbocycles. The Bertz CT molecular complexity index is 361. The zero-order chi connectivity index (χ0) is 11.0. The molecule has 15 heavy (non-hydrogen) atoms. The Balaban J connectivity index is 2.35. The Labute approximate surface area is 89.3 Å². The largest absolute Gasteiger partial charge is 0.389 e. The number of halogens is 1. The lowest BCUT2D eigenvalue weighted by molar-refractivity contribution is 0.199. The number of nitrogens with zero attached hydrogens (tertiary/aromatic N) is 1. The van der Waals surface area contributed by atoms with Crippen LogP contribution in [0.25, 0.3) is 0 Å². The molecular weight excluding hydrogens is 193 g/mol. The molecule has 82 valence electrons. The van der Waals surface area contributed by atoms with Gasteiger partial charge in [0.1, 0.15) is 5.82 Å². The van der Waals surface area contributed by atoms with Crippen molar-refractivity contribution in [3.8, 4) is 0 Å². The van der Waals surface area contributed by atoms with Gasteiger partial charge in [0.05, 0.1) is 6.10 Å². The zero-order valence-electron chi connectivity index (χ0n) is 9.07. The molecule has 0 spiro atoms. The van der Waals surface area contributed by atoms with Gasteiger partial charge in [0.15, 0.2) is 0 Å². The Kier molecular flexibility index (Phi) is 2.65. The summed E-state index contributed by atoms with van der Waals surface area (Å²) < 4.78 is 13.1. The van der Waals surface area contributed by atoms with E-state index in [9.17, 15) is 9.50 Å². The standard InChI is InChI=1S/C12H16FNO/c1-8(15)11-7-9(13)3-6-12(11)14(2)10-4-5-10/h3,6-8,10,15H,4-5H2,1-2H3/t8-/m1/s1. The average molecular weight is 209 g/mol. The molecule has 2 rings (SSSR count). The molecule has 0 amide bonds. The third-order valence-electron chi connectivity index (χ3n) is 2.91. The maximum absolute atomic E-state index is 13.1. The molecule has 1 aromatic rings. The maximum atomic E-state index is 13.1. The topological polar surface area (TPSA) is 23.5 Å². The molecule has 0 unspecified atom stereocenters. The summed E-state index contributed by atoms with van der Waals surface area (Å²) >= 11 is 0. The van der Waals surface area contributed by atoms with Crippen LogP contribution in [-0.2, 0) is 0 Å². The first-order valence-corrected chi connectivity index (χ1v) is 5.30. The Morgan fingerprint density at radius 3 is 2.67 bits per heavy atom. The van der Waals surface area contributed by atoms with Gasteiger partial charge in [-0.05, 0) is 38.0 Å². The van der Waals surface area contributed by atoms with E-state index in [2.05, 4.69) is 4.90 Å². The van der Waals surface area contributed by atoms with Gasteiger partial charge in [-0.2, -0.15) is 0 Å². The molecule has 0 bridgehead atoms. The number of benzene rings is 1. The van der Waals surface area contributed by atoms with E-state index in [0.29, 0.717) is 11.6 Å². The second kappa shape index (κ2) is 3.81. The molecule has 1 saturated carbocycles. The van der Waals surface area contributed by atoms with E-state index >= 15 is 0 Å². The molecule has 2 nitrogen and oxygen atoms in total. The van der Waals surface area contributed by atoms with Gasteiger partial charge in [0.2, 0.25) is 0 Å². The van der Waals surface area contributed by atoms with Crippen molar-refractivity contribution in [2.24, 2.45) is 0 Å².